The van der Waals surface area contributed by atoms with E-state index in [1.165, 1.54) is 19.3 Å². The zero-order chi connectivity index (χ0) is 13.6. The molecule has 2 rings (SSSR count). The fourth-order valence-electron chi connectivity index (χ4n) is 3.03. The summed E-state index contributed by atoms with van der Waals surface area (Å²) in [6, 6.07) is 0.495. The molecule has 0 spiro atoms. The van der Waals surface area contributed by atoms with E-state index in [-0.39, 0.29) is 5.04 Å². The molecule has 0 saturated carbocycles. The third-order valence-electron chi connectivity index (χ3n) is 5.21. The lowest BCUT2D eigenvalue weighted by Crippen LogP contribution is -2.69. The average Bonchev–Trinajstić information content (AvgIpc) is 2.24. The summed E-state index contributed by atoms with van der Waals surface area (Å²) in [5, 5.41) is 0.250. The predicted molar refractivity (Wildman–Crippen MR) is 78.9 cm³/mol. The Kier molecular flexibility index (Phi) is 3.47. The molecule has 1 saturated heterocycles. The van der Waals surface area contributed by atoms with E-state index in [1.54, 1.807) is 0 Å². The minimum atomic E-state index is -1.68. The van der Waals surface area contributed by atoms with E-state index in [0.29, 0.717) is 17.9 Å². The summed E-state index contributed by atoms with van der Waals surface area (Å²) in [4.78, 5) is 12.1. The third-order valence-corrected chi connectivity index (χ3v) is 10.7. The topological polar surface area (TPSA) is 20.3 Å². The van der Waals surface area contributed by atoms with Crippen molar-refractivity contribution in [2.45, 2.75) is 70.6 Å². The van der Waals surface area contributed by atoms with Crippen LogP contribution >= 0.6 is 0 Å². The molecule has 18 heavy (non-hydrogen) atoms. The fourth-order valence-corrected chi connectivity index (χ4v) is 5.58. The Hall–Kier alpha value is -0.573. The van der Waals surface area contributed by atoms with E-state index in [2.05, 4.69) is 50.6 Å². The summed E-state index contributed by atoms with van der Waals surface area (Å²) >= 11 is 0. The monoisotopic (exact) mass is 265 g/mol. The lowest BCUT2D eigenvalue weighted by Gasteiger charge is -2.57. The van der Waals surface area contributed by atoms with Gasteiger partial charge in [-0.25, -0.2) is 0 Å². The molecule has 2 nitrogen and oxygen atoms in total. The maximum Gasteiger partial charge on any atom is 0.217 e. The van der Waals surface area contributed by atoms with Gasteiger partial charge in [0.05, 0.1) is 0 Å². The van der Waals surface area contributed by atoms with Gasteiger partial charge in [0.25, 0.3) is 0 Å². The van der Waals surface area contributed by atoms with Crippen molar-refractivity contribution in [3.05, 3.63) is 12.2 Å². The molecule has 0 bridgehead atoms. The number of carbonyl (C=O) groups excluding carboxylic acids is 1. The molecule has 1 aliphatic carbocycles. The van der Waals surface area contributed by atoms with Crippen molar-refractivity contribution in [2.75, 3.05) is 0 Å². The minimum absolute atomic E-state index is 0.250. The van der Waals surface area contributed by atoms with Gasteiger partial charge in [-0.15, -0.1) is 0 Å². The maximum absolute atomic E-state index is 12.1. The van der Waals surface area contributed by atoms with Crippen LogP contribution in [-0.4, -0.2) is 24.7 Å². The molecular formula is C15H27NOSi. The zero-order valence-electron chi connectivity index (χ0n) is 12.5. The number of allylic oxidation sites excluding steroid dienone is 1. The Morgan fingerprint density at radius 2 is 2.00 bits per heavy atom. The van der Waals surface area contributed by atoms with Gasteiger partial charge in [-0.2, -0.15) is 0 Å². The fraction of sp³-hybridized carbons (Fsp3) is 0.800. The number of rotatable bonds is 2. The number of hydrogen-bond acceptors (Lipinski definition) is 1. The van der Waals surface area contributed by atoms with E-state index in [4.69, 9.17) is 0 Å². The van der Waals surface area contributed by atoms with Crippen LogP contribution < -0.4 is 0 Å². The highest BCUT2D eigenvalue weighted by atomic mass is 28.3. The molecule has 1 aliphatic heterocycles. The lowest BCUT2D eigenvalue weighted by molar-refractivity contribution is -0.140. The molecule has 2 aliphatic rings. The molecule has 3 heteroatoms. The number of carbonyl (C=O) groups is 1. The van der Waals surface area contributed by atoms with Crippen LogP contribution in [0.5, 0.6) is 0 Å². The number of hydrogen-bond donors (Lipinski definition) is 0. The van der Waals surface area contributed by atoms with Crippen molar-refractivity contribution >= 4 is 14.1 Å². The standard InChI is InChI=1S/C15H27NOSi/c1-15(2,3)18(4,5)16-13(11-14(16)17)12-9-7-6-8-10-12/h7,9,12-13H,6,8,10-11H2,1-5H3/t12?,13-/m1/s1. The first-order chi connectivity index (χ1) is 8.25. The molecule has 1 unspecified atom stereocenters. The molecule has 0 aromatic carbocycles. The van der Waals surface area contributed by atoms with Gasteiger partial charge >= 0.3 is 0 Å². The molecule has 2 atom stereocenters. The first kappa shape index (κ1) is 13.8. The third kappa shape index (κ3) is 2.17. The molecule has 1 heterocycles. The van der Waals surface area contributed by atoms with Crippen LogP contribution in [-0.2, 0) is 4.79 Å². The quantitative estimate of drug-likeness (QED) is 0.420. The second kappa shape index (κ2) is 4.51. The Balaban J connectivity index is 2.18. The van der Waals surface area contributed by atoms with Crippen LogP contribution in [0.4, 0.5) is 0 Å². The molecule has 102 valence electrons. The first-order valence-electron chi connectivity index (χ1n) is 7.24. The number of β-lactam (4-membered cyclic amide) rings is 1. The molecule has 0 aromatic heterocycles. The van der Waals surface area contributed by atoms with Gasteiger partial charge in [0.15, 0.2) is 8.24 Å². The normalized spacial score (nSPS) is 29.4. The zero-order valence-corrected chi connectivity index (χ0v) is 13.5. The summed E-state index contributed by atoms with van der Waals surface area (Å²) in [6.45, 7) is 11.6. The van der Waals surface area contributed by atoms with Gasteiger partial charge in [-0.05, 0) is 30.2 Å². The van der Waals surface area contributed by atoms with Crippen molar-refractivity contribution in [3.63, 3.8) is 0 Å². The van der Waals surface area contributed by atoms with E-state index in [9.17, 15) is 4.79 Å². The van der Waals surface area contributed by atoms with Crippen LogP contribution in [0.25, 0.3) is 0 Å². The van der Waals surface area contributed by atoms with Gasteiger partial charge in [0.1, 0.15) is 0 Å². The maximum atomic E-state index is 12.1. The molecule has 0 N–H and O–H groups in total. The molecule has 0 radical (unpaired) electrons. The molecular weight excluding hydrogens is 238 g/mol. The van der Waals surface area contributed by atoms with E-state index in [0.717, 1.165) is 6.42 Å². The highest BCUT2D eigenvalue weighted by Gasteiger charge is 2.53. The Morgan fingerprint density at radius 3 is 2.44 bits per heavy atom. The summed E-state index contributed by atoms with van der Waals surface area (Å²) in [6.07, 6.45) is 9.22. The SMILES string of the molecule is CC(C)(C)[Si](C)(C)N1C(=O)C[C@@H]1C1C=CCCC1. The largest absolute Gasteiger partial charge is 0.365 e. The summed E-state index contributed by atoms with van der Waals surface area (Å²) < 4.78 is 2.30. The predicted octanol–water partition coefficient (Wildman–Crippen LogP) is 3.95. The lowest BCUT2D eigenvalue weighted by atomic mass is 9.84. The van der Waals surface area contributed by atoms with E-state index < -0.39 is 8.24 Å². The Morgan fingerprint density at radius 1 is 1.33 bits per heavy atom. The van der Waals surface area contributed by atoms with Crippen molar-refractivity contribution in [1.82, 2.24) is 4.57 Å². The second-order valence-electron chi connectivity index (χ2n) is 7.37. The van der Waals surface area contributed by atoms with Gasteiger partial charge in [-0.3, -0.25) is 4.79 Å². The van der Waals surface area contributed by atoms with Crippen LogP contribution in [0.1, 0.15) is 46.5 Å². The van der Waals surface area contributed by atoms with Gasteiger partial charge in [-0.1, -0.05) is 46.0 Å². The minimum Gasteiger partial charge on any atom is -0.365 e. The Labute approximate surface area is 113 Å². The van der Waals surface area contributed by atoms with Crippen molar-refractivity contribution in [2.24, 2.45) is 5.92 Å². The summed E-state index contributed by atoms with van der Waals surface area (Å²) in [5.41, 5.74) is 0. The van der Waals surface area contributed by atoms with Crippen LogP contribution in [0.2, 0.25) is 18.1 Å². The van der Waals surface area contributed by atoms with Crippen LogP contribution in [0, 0.1) is 5.92 Å². The van der Waals surface area contributed by atoms with Crippen molar-refractivity contribution in [1.29, 1.82) is 0 Å². The Bertz CT molecular complexity index is 367. The van der Waals surface area contributed by atoms with Crippen molar-refractivity contribution < 1.29 is 4.79 Å². The molecule has 1 fully saturated rings. The van der Waals surface area contributed by atoms with E-state index >= 15 is 0 Å². The number of nitrogens with zero attached hydrogens (tertiary/aromatic N) is 1. The molecule has 0 aromatic rings. The molecule has 1 amide bonds. The highest BCUT2D eigenvalue weighted by molar-refractivity contribution is 6.79. The van der Waals surface area contributed by atoms with Gasteiger partial charge < -0.3 is 4.57 Å². The first-order valence-corrected chi connectivity index (χ1v) is 10.2. The van der Waals surface area contributed by atoms with Gasteiger partial charge in [0, 0.05) is 12.5 Å². The van der Waals surface area contributed by atoms with Gasteiger partial charge in [0.2, 0.25) is 5.91 Å². The second-order valence-corrected chi connectivity index (χ2v) is 12.5. The average molecular weight is 265 g/mol. The van der Waals surface area contributed by atoms with Crippen LogP contribution in [0.3, 0.4) is 0 Å². The van der Waals surface area contributed by atoms with Crippen molar-refractivity contribution in [3.8, 4) is 0 Å². The van der Waals surface area contributed by atoms with Crippen LogP contribution in [0.15, 0.2) is 12.2 Å². The number of amides is 1. The van der Waals surface area contributed by atoms with E-state index in [1.807, 2.05) is 0 Å². The summed E-state index contributed by atoms with van der Waals surface area (Å²) in [7, 11) is -1.68. The summed E-state index contributed by atoms with van der Waals surface area (Å²) in [5.74, 6) is 1.01. The highest BCUT2D eigenvalue weighted by Crippen LogP contribution is 2.45. The smallest absolute Gasteiger partial charge is 0.217 e.